The molecule has 0 amide bonds. The van der Waals surface area contributed by atoms with E-state index in [-0.39, 0.29) is 6.04 Å². The van der Waals surface area contributed by atoms with Crippen molar-refractivity contribution in [3.05, 3.63) is 47.9 Å². The summed E-state index contributed by atoms with van der Waals surface area (Å²) >= 11 is 0. The zero-order valence-electron chi connectivity index (χ0n) is 7.83. The Morgan fingerprint density at radius 1 is 1.36 bits per heavy atom. The topological polar surface area (TPSA) is 24.4 Å². The van der Waals surface area contributed by atoms with Crippen LogP contribution in [0, 0.1) is 6.08 Å². The maximum absolute atomic E-state index is 4.64. The van der Waals surface area contributed by atoms with E-state index in [0.29, 0.717) is 0 Å². The average Bonchev–Trinajstić information content (AvgIpc) is 2.26. The molecule has 0 saturated carbocycles. The van der Waals surface area contributed by atoms with Crippen molar-refractivity contribution in [2.75, 3.05) is 0 Å². The molecule has 1 heterocycles. The van der Waals surface area contributed by atoms with Crippen LogP contribution in [0.1, 0.15) is 12.8 Å². The van der Waals surface area contributed by atoms with Crippen LogP contribution in [0.25, 0.3) is 0 Å². The first-order valence-electron chi connectivity index (χ1n) is 4.91. The minimum Gasteiger partial charge on any atom is -0.374 e. The fourth-order valence-electron chi connectivity index (χ4n) is 1.92. The fraction of sp³-hybridized carbons (Fsp3) is 0.250. The SMILES string of the molecule is [C]1=CC=CC2=NC3=C(CC=CC3)NC12. The van der Waals surface area contributed by atoms with E-state index < -0.39 is 0 Å². The standard InChI is InChI=1S/C12H11N2/c1-2-6-10-9(5-1)13-11-7-3-4-8-12(11)14-10/h1-5,10,14H,7-8H2. The largest absolute Gasteiger partial charge is 0.374 e. The maximum Gasteiger partial charge on any atom is 0.0941 e. The van der Waals surface area contributed by atoms with Gasteiger partial charge in [-0.3, -0.25) is 4.99 Å². The molecule has 0 bridgehead atoms. The van der Waals surface area contributed by atoms with E-state index in [1.807, 2.05) is 12.2 Å². The highest BCUT2D eigenvalue weighted by Gasteiger charge is 2.22. The van der Waals surface area contributed by atoms with Gasteiger partial charge in [-0.25, -0.2) is 0 Å². The summed E-state index contributed by atoms with van der Waals surface area (Å²) in [5.41, 5.74) is 3.53. The quantitative estimate of drug-likeness (QED) is 0.570. The van der Waals surface area contributed by atoms with Crippen molar-refractivity contribution >= 4 is 5.71 Å². The van der Waals surface area contributed by atoms with E-state index in [2.05, 4.69) is 34.6 Å². The molecule has 3 aliphatic rings. The number of hydrogen-bond acceptors (Lipinski definition) is 2. The molecule has 3 rings (SSSR count). The number of nitrogens with zero attached hydrogens (tertiary/aromatic N) is 1. The first kappa shape index (κ1) is 7.80. The summed E-state index contributed by atoms with van der Waals surface area (Å²) in [4.78, 5) is 4.64. The third kappa shape index (κ3) is 1.15. The van der Waals surface area contributed by atoms with Gasteiger partial charge in [0.15, 0.2) is 0 Å². The molecule has 0 aromatic rings. The third-order valence-electron chi connectivity index (χ3n) is 2.65. The lowest BCUT2D eigenvalue weighted by molar-refractivity contribution is 0.728. The van der Waals surface area contributed by atoms with Crippen LogP contribution in [0.3, 0.4) is 0 Å². The van der Waals surface area contributed by atoms with Crippen molar-refractivity contribution in [3.8, 4) is 0 Å². The Bertz CT molecular complexity index is 408. The molecular weight excluding hydrogens is 172 g/mol. The number of fused-ring (bicyclic) bond motifs is 1. The van der Waals surface area contributed by atoms with Crippen molar-refractivity contribution in [2.45, 2.75) is 18.9 Å². The summed E-state index contributed by atoms with van der Waals surface area (Å²) in [7, 11) is 0. The van der Waals surface area contributed by atoms with Gasteiger partial charge in [0.2, 0.25) is 0 Å². The van der Waals surface area contributed by atoms with E-state index in [0.717, 1.165) is 18.6 Å². The summed E-state index contributed by atoms with van der Waals surface area (Å²) < 4.78 is 0. The third-order valence-corrected chi connectivity index (χ3v) is 2.65. The average molecular weight is 183 g/mol. The van der Waals surface area contributed by atoms with Crippen LogP contribution in [-0.4, -0.2) is 11.8 Å². The normalized spacial score (nSPS) is 28.0. The summed E-state index contributed by atoms with van der Waals surface area (Å²) in [6, 6.07) is 0.172. The van der Waals surface area contributed by atoms with E-state index in [9.17, 15) is 0 Å². The van der Waals surface area contributed by atoms with Gasteiger partial charge < -0.3 is 5.32 Å². The van der Waals surface area contributed by atoms with Crippen LogP contribution in [0.4, 0.5) is 0 Å². The van der Waals surface area contributed by atoms with Gasteiger partial charge in [-0.15, -0.1) is 0 Å². The van der Waals surface area contributed by atoms with Gasteiger partial charge in [-0.2, -0.15) is 0 Å². The van der Waals surface area contributed by atoms with Crippen LogP contribution in [-0.2, 0) is 0 Å². The Morgan fingerprint density at radius 3 is 3.29 bits per heavy atom. The lowest BCUT2D eigenvalue weighted by Crippen LogP contribution is -2.38. The molecule has 1 aliphatic heterocycles. The van der Waals surface area contributed by atoms with E-state index >= 15 is 0 Å². The molecule has 0 spiro atoms. The second-order valence-electron chi connectivity index (χ2n) is 3.61. The summed E-state index contributed by atoms with van der Waals surface area (Å²) in [5, 5.41) is 3.46. The molecule has 0 saturated heterocycles. The van der Waals surface area contributed by atoms with Crippen LogP contribution in [0.2, 0.25) is 0 Å². The maximum atomic E-state index is 4.64. The molecule has 1 radical (unpaired) electrons. The lowest BCUT2D eigenvalue weighted by Gasteiger charge is -2.27. The highest BCUT2D eigenvalue weighted by atomic mass is 15.0. The number of nitrogens with one attached hydrogen (secondary N) is 1. The summed E-state index contributed by atoms with van der Waals surface area (Å²) in [5.74, 6) is 0. The van der Waals surface area contributed by atoms with Gasteiger partial charge in [-0.05, 0) is 12.2 Å². The first-order chi connectivity index (χ1) is 6.93. The van der Waals surface area contributed by atoms with Crippen molar-refractivity contribution in [1.29, 1.82) is 0 Å². The van der Waals surface area contributed by atoms with Crippen molar-refractivity contribution in [1.82, 2.24) is 5.32 Å². The Kier molecular flexibility index (Phi) is 1.66. The smallest absolute Gasteiger partial charge is 0.0941 e. The molecule has 0 aromatic carbocycles. The predicted octanol–water partition coefficient (Wildman–Crippen LogP) is 1.89. The van der Waals surface area contributed by atoms with E-state index in [1.165, 1.54) is 11.4 Å². The molecule has 69 valence electrons. The highest BCUT2D eigenvalue weighted by Crippen LogP contribution is 2.24. The highest BCUT2D eigenvalue weighted by molar-refractivity contribution is 6.02. The van der Waals surface area contributed by atoms with Crippen LogP contribution >= 0.6 is 0 Å². The van der Waals surface area contributed by atoms with Crippen molar-refractivity contribution in [2.24, 2.45) is 4.99 Å². The predicted molar refractivity (Wildman–Crippen MR) is 56.7 cm³/mol. The molecular formula is C12H11N2. The van der Waals surface area contributed by atoms with Crippen LogP contribution < -0.4 is 5.32 Å². The first-order valence-corrected chi connectivity index (χ1v) is 4.91. The Balaban J connectivity index is 1.99. The zero-order valence-corrected chi connectivity index (χ0v) is 7.83. The van der Waals surface area contributed by atoms with Crippen molar-refractivity contribution < 1.29 is 0 Å². The molecule has 14 heavy (non-hydrogen) atoms. The summed E-state index contributed by atoms with van der Waals surface area (Å²) in [6.07, 6.45) is 15.5. The van der Waals surface area contributed by atoms with E-state index in [4.69, 9.17) is 0 Å². The number of aliphatic imine (C=N–C) groups is 1. The van der Waals surface area contributed by atoms with E-state index in [1.54, 1.807) is 0 Å². The lowest BCUT2D eigenvalue weighted by atomic mass is 9.99. The minimum atomic E-state index is 0.172. The van der Waals surface area contributed by atoms with Gasteiger partial charge in [-0.1, -0.05) is 24.3 Å². The van der Waals surface area contributed by atoms with Gasteiger partial charge in [0, 0.05) is 18.5 Å². The molecule has 1 N–H and O–H groups in total. The van der Waals surface area contributed by atoms with Crippen molar-refractivity contribution in [3.63, 3.8) is 0 Å². The fourth-order valence-corrected chi connectivity index (χ4v) is 1.92. The van der Waals surface area contributed by atoms with Crippen LogP contribution in [0.15, 0.2) is 46.8 Å². The molecule has 1 atom stereocenters. The van der Waals surface area contributed by atoms with Gasteiger partial charge >= 0.3 is 0 Å². The Hall–Kier alpha value is -1.57. The Labute approximate surface area is 83.4 Å². The zero-order chi connectivity index (χ0) is 9.38. The van der Waals surface area contributed by atoms with Gasteiger partial charge in [0.05, 0.1) is 17.5 Å². The van der Waals surface area contributed by atoms with Crippen LogP contribution in [0.5, 0.6) is 0 Å². The summed E-state index contributed by atoms with van der Waals surface area (Å²) in [6.45, 7) is 0. The van der Waals surface area contributed by atoms with Gasteiger partial charge in [0.1, 0.15) is 0 Å². The molecule has 0 fully saturated rings. The molecule has 2 nitrogen and oxygen atoms in total. The number of hydrogen-bond donors (Lipinski definition) is 1. The molecule has 1 unspecified atom stereocenters. The monoisotopic (exact) mass is 183 g/mol. The second-order valence-corrected chi connectivity index (χ2v) is 3.61. The number of allylic oxidation sites excluding steroid dienone is 4. The Morgan fingerprint density at radius 2 is 2.29 bits per heavy atom. The number of rotatable bonds is 0. The molecule has 0 aromatic heterocycles. The molecule has 2 aliphatic carbocycles. The minimum absolute atomic E-state index is 0.172. The molecule has 2 heteroatoms. The van der Waals surface area contributed by atoms with Gasteiger partial charge in [0.25, 0.3) is 0 Å². The second kappa shape index (κ2) is 2.98.